The third-order valence-corrected chi connectivity index (χ3v) is 4.44. The molecule has 122 valence electrons. The smallest absolute Gasteiger partial charge is 0.149 e. The molecule has 1 aromatic heterocycles. The predicted molar refractivity (Wildman–Crippen MR) is 92.8 cm³/mol. The Hall–Kier alpha value is -1.85. The van der Waals surface area contributed by atoms with Crippen LogP contribution in [0.2, 0.25) is 5.15 Å². The highest BCUT2D eigenvalue weighted by Crippen LogP contribution is 2.23. The number of halogens is 1. The molecule has 2 N–H and O–H groups in total. The molecule has 2 heterocycles. The fourth-order valence-corrected chi connectivity index (χ4v) is 2.97. The molecule has 6 heteroatoms. The van der Waals surface area contributed by atoms with Crippen molar-refractivity contribution in [2.24, 2.45) is 5.92 Å². The maximum absolute atomic E-state index is 9.21. The Labute approximate surface area is 141 Å². The van der Waals surface area contributed by atoms with Gasteiger partial charge in [0.05, 0.1) is 12.4 Å². The van der Waals surface area contributed by atoms with E-state index in [1.807, 2.05) is 0 Å². The van der Waals surface area contributed by atoms with E-state index in [0.29, 0.717) is 30.0 Å². The SMILES string of the molecule is OCC1CCN(c2ccc(CNc3cncc(Cl)n3)cc2)CC1. The summed E-state index contributed by atoms with van der Waals surface area (Å²) >= 11 is 5.82. The Bertz CT molecular complexity index is 627. The highest BCUT2D eigenvalue weighted by atomic mass is 35.5. The molecule has 1 fully saturated rings. The van der Waals surface area contributed by atoms with E-state index < -0.39 is 0 Å². The van der Waals surface area contributed by atoms with Gasteiger partial charge in [-0.15, -0.1) is 0 Å². The molecule has 1 aliphatic heterocycles. The number of hydrogen-bond acceptors (Lipinski definition) is 5. The van der Waals surface area contributed by atoms with Crippen molar-refractivity contribution in [3.05, 3.63) is 47.4 Å². The first-order valence-electron chi connectivity index (χ1n) is 7.91. The molecular formula is C17H21ClN4O. The lowest BCUT2D eigenvalue weighted by atomic mass is 9.97. The number of nitrogens with zero attached hydrogens (tertiary/aromatic N) is 3. The Balaban J connectivity index is 1.55. The van der Waals surface area contributed by atoms with Crippen LogP contribution in [0, 0.1) is 5.92 Å². The summed E-state index contributed by atoms with van der Waals surface area (Å²) in [4.78, 5) is 10.5. The maximum Gasteiger partial charge on any atom is 0.149 e. The van der Waals surface area contributed by atoms with Crippen molar-refractivity contribution < 1.29 is 5.11 Å². The van der Waals surface area contributed by atoms with Crippen LogP contribution in [0.5, 0.6) is 0 Å². The van der Waals surface area contributed by atoms with E-state index in [0.717, 1.165) is 25.9 Å². The van der Waals surface area contributed by atoms with Crippen molar-refractivity contribution in [2.75, 3.05) is 29.9 Å². The highest BCUT2D eigenvalue weighted by Gasteiger charge is 2.18. The summed E-state index contributed by atoms with van der Waals surface area (Å²) in [5.41, 5.74) is 2.42. The fraction of sp³-hybridized carbons (Fsp3) is 0.412. The molecule has 2 aromatic rings. The number of rotatable bonds is 5. The molecule has 0 unspecified atom stereocenters. The quantitative estimate of drug-likeness (QED) is 0.881. The number of aliphatic hydroxyl groups is 1. The minimum atomic E-state index is 0.310. The minimum Gasteiger partial charge on any atom is -0.396 e. The van der Waals surface area contributed by atoms with E-state index in [4.69, 9.17) is 11.6 Å². The van der Waals surface area contributed by atoms with Crippen LogP contribution in [-0.4, -0.2) is 34.8 Å². The van der Waals surface area contributed by atoms with Gasteiger partial charge in [0.2, 0.25) is 0 Å². The van der Waals surface area contributed by atoms with Gasteiger partial charge in [0.25, 0.3) is 0 Å². The van der Waals surface area contributed by atoms with Gasteiger partial charge in [-0.1, -0.05) is 23.7 Å². The van der Waals surface area contributed by atoms with Gasteiger partial charge < -0.3 is 15.3 Å². The van der Waals surface area contributed by atoms with E-state index >= 15 is 0 Å². The highest BCUT2D eigenvalue weighted by molar-refractivity contribution is 6.29. The van der Waals surface area contributed by atoms with Crippen LogP contribution >= 0.6 is 11.6 Å². The van der Waals surface area contributed by atoms with Crippen LogP contribution in [-0.2, 0) is 6.54 Å². The molecule has 0 radical (unpaired) electrons. The van der Waals surface area contributed by atoms with Gasteiger partial charge in [-0.2, -0.15) is 0 Å². The molecule has 0 amide bonds. The summed E-state index contributed by atoms with van der Waals surface area (Å²) in [6, 6.07) is 8.55. The molecule has 3 rings (SSSR count). The second-order valence-electron chi connectivity index (χ2n) is 5.86. The Morgan fingerprint density at radius 3 is 2.57 bits per heavy atom. The zero-order valence-corrected chi connectivity index (χ0v) is 13.7. The minimum absolute atomic E-state index is 0.310. The van der Waals surface area contributed by atoms with Crippen LogP contribution in [0.25, 0.3) is 0 Å². The van der Waals surface area contributed by atoms with Gasteiger partial charge in [0.15, 0.2) is 0 Å². The number of aromatic nitrogens is 2. The molecule has 0 aliphatic carbocycles. The van der Waals surface area contributed by atoms with Gasteiger partial charge in [-0.25, -0.2) is 4.98 Å². The zero-order chi connectivity index (χ0) is 16.1. The molecule has 1 aromatic carbocycles. The largest absolute Gasteiger partial charge is 0.396 e. The maximum atomic E-state index is 9.21. The number of hydrogen-bond donors (Lipinski definition) is 2. The van der Waals surface area contributed by atoms with Crippen molar-refractivity contribution in [3.63, 3.8) is 0 Å². The lowest BCUT2D eigenvalue weighted by molar-refractivity contribution is 0.203. The van der Waals surface area contributed by atoms with Gasteiger partial charge in [0, 0.05) is 31.9 Å². The predicted octanol–water partition coefficient (Wildman–Crippen LogP) is 2.95. The molecule has 23 heavy (non-hydrogen) atoms. The number of benzene rings is 1. The van der Waals surface area contributed by atoms with E-state index in [2.05, 4.69) is 44.5 Å². The van der Waals surface area contributed by atoms with Crippen molar-refractivity contribution in [3.8, 4) is 0 Å². The lowest BCUT2D eigenvalue weighted by Crippen LogP contribution is -2.34. The summed E-state index contributed by atoms with van der Waals surface area (Å²) in [7, 11) is 0. The third-order valence-electron chi connectivity index (χ3n) is 4.25. The monoisotopic (exact) mass is 332 g/mol. The standard InChI is InChI=1S/C17H21ClN4O/c18-16-10-19-11-17(21-16)20-9-13-1-3-15(4-2-13)22-7-5-14(12-23)6-8-22/h1-4,10-11,14,23H,5-9,12H2,(H,20,21). The molecular weight excluding hydrogens is 312 g/mol. The molecule has 0 saturated carbocycles. The first-order chi connectivity index (χ1) is 11.2. The molecule has 5 nitrogen and oxygen atoms in total. The Kier molecular flexibility index (Phi) is 5.31. The van der Waals surface area contributed by atoms with E-state index in [1.165, 1.54) is 17.4 Å². The van der Waals surface area contributed by atoms with Gasteiger partial charge in [-0.05, 0) is 36.5 Å². The second-order valence-corrected chi connectivity index (χ2v) is 6.25. The van der Waals surface area contributed by atoms with E-state index in [9.17, 15) is 5.11 Å². The topological polar surface area (TPSA) is 61.3 Å². The van der Waals surface area contributed by atoms with E-state index in [-0.39, 0.29) is 0 Å². The molecule has 0 spiro atoms. The Morgan fingerprint density at radius 1 is 1.17 bits per heavy atom. The number of aliphatic hydroxyl groups excluding tert-OH is 1. The van der Waals surface area contributed by atoms with Gasteiger partial charge in [0.1, 0.15) is 11.0 Å². The molecule has 0 bridgehead atoms. The van der Waals surface area contributed by atoms with Crippen LogP contribution in [0.3, 0.4) is 0 Å². The Morgan fingerprint density at radius 2 is 1.91 bits per heavy atom. The summed E-state index contributed by atoms with van der Waals surface area (Å²) < 4.78 is 0. The fourth-order valence-electron chi connectivity index (χ4n) is 2.82. The molecule has 0 atom stereocenters. The number of anilines is 2. The lowest BCUT2D eigenvalue weighted by Gasteiger charge is -2.33. The summed E-state index contributed by atoms with van der Waals surface area (Å²) in [5.74, 6) is 1.14. The van der Waals surface area contributed by atoms with Crippen LogP contribution < -0.4 is 10.2 Å². The van der Waals surface area contributed by atoms with Crippen LogP contribution in [0.4, 0.5) is 11.5 Å². The van der Waals surface area contributed by atoms with Crippen molar-refractivity contribution in [1.82, 2.24) is 9.97 Å². The second kappa shape index (κ2) is 7.62. The zero-order valence-electron chi connectivity index (χ0n) is 13.0. The average molecular weight is 333 g/mol. The van der Waals surface area contributed by atoms with Crippen molar-refractivity contribution >= 4 is 23.1 Å². The molecule has 1 saturated heterocycles. The summed E-state index contributed by atoms with van der Waals surface area (Å²) in [6.45, 7) is 3.02. The van der Waals surface area contributed by atoms with E-state index in [1.54, 1.807) is 6.20 Å². The average Bonchev–Trinajstić information content (AvgIpc) is 2.61. The summed E-state index contributed by atoms with van der Waals surface area (Å²) in [5, 5.41) is 12.8. The first kappa shape index (κ1) is 16.0. The molecule has 1 aliphatic rings. The van der Waals surface area contributed by atoms with Gasteiger partial charge >= 0.3 is 0 Å². The van der Waals surface area contributed by atoms with Crippen molar-refractivity contribution in [2.45, 2.75) is 19.4 Å². The number of nitrogens with one attached hydrogen (secondary N) is 1. The third kappa shape index (κ3) is 4.33. The first-order valence-corrected chi connectivity index (χ1v) is 8.28. The van der Waals surface area contributed by atoms with Crippen molar-refractivity contribution in [1.29, 1.82) is 0 Å². The summed E-state index contributed by atoms with van der Waals surface area (Å²) in [6.07, 6.45) is 5.30. The van der Waals surface area contributed by atoms with Crippen LogP contribution in [0.15, 0.2) is 36.7 Å². The van der Waals surface area contributed by atoms with Crippen LogP contribution in [0.1, 0.15) is 18.4 Å². The van der Waals surface area contributed by atoms with Gasteiger partial charge in [-0.3, -0.25) is 4.98 Å². The number of piperidine rings is 1. The normalized spacial score (nSPS) is 15.7.